The van der Waals surface area contributed by atoms with Crippen molar-refractivity contribution in [2.75, 3.05) is 6.61 Å². The van der Waals surface area contributed by atoms with Crippen molar-refractivity contribution < 1.29 is 9.94 Å². The van der Waals surface area contributed by atoms with Crippen LogP contribution in [0.3, 0.4) is 0 Å². The number of para-hydroxylation sites is 1. The Hall–Kier alpha value is -0.580. The maximum Gasteiger partial charge on any atom is 0.133 e. The van der Waals surface area contributed by atoms with Gasteiger partial charge in [0.05, 0.1) is 11.1 Å². The van der Waals surface area contributed by atoms with Crippen LogP contribution >= 0.6 is 15.9 Å². The fourth-order valence-corrected chi connectivity index (χ4v) is 2.11. The zero-order valence-corrected chi connectivity index (χ0v) is 9.25. The molecule has 3 N–H and O–H groups in total. The maximum absolute atomic E-state index is 9.86. The summed E-state index contributed by atoms with van der Waals surface area (Å²) < 4.78 is 0.721. The van der Waals surface area contributed by atoms with E-state index in [0.29, 0.717) is 12.4 Å². The van der Waals surface area contributed by atoms with E-state index in [9.17, 15) is 5.11 Å². The number of hydrogen-bond acceptors (Lipinski definition) is 3. The SMILES string of the molecule is NOCC1(c2cccc(Br)c2O)CC1. The fourth-order valence-electron chi connectivity index (χ4n) is 1.75. The van der Waals surface area contributed by atoms with Crippen LogP contribution in [-0.2, 0) is 10.3 Å². The minimum absolute atomic E-state index is 0.0530. The topological polar surface area (TPSA) is 55.5 Å². The number of hydrogen-bond donors (Lipinski definition) is 2. The molecule has 14 heavy (non-hydrogen) atoms. The average molecular weight is 258 g/mol. The molecule has 0 bridgehead atoms. The third-order valence-corrected chi connectivity index (χ3v) is 3.41. The van der Waals surface area contributed by atoms with Crippen LogP contribution < -0.4 is 5.90 Å². The number of benzene rings is 1. The second-order valence-corrected chi connectivity index (χ2v) is 4.58. The lowest BCUT2D eigenvalue weighted by molar-refractivity contribution is 0.115. The predicted molar refractivity (Wildman–Crippen MR) is 56.9 cm³/mol. The lowest BCUT2D eigenvalue weighted by Gasteiger charge is -2.16. The minimum atomic E-state index is -0.0530. The average Bonchev–Trinajstić information content (AvgIpc) is 2.91. The summed E-state index contributed by atoms with van der Waals surface area (Å²) in [6.07, 6.45) is 2.04. The summed E-state index contributed by atoms with van der Waals surface area (Å²) in [5.74, 6) is 5.39. The van der Waals surface area contributed by atoms with Gasteiger partial charge in [-0.2, -0.15) is 0 Å². The van der Waals surface area contributed by atoms with Crippen molar-refractivity contribution in [3.05, 3.63) is 28.2 Å². The Morgan fingerprint density at radius 1 is 1.50 bits per heavy atom. The van der Waals surface area contributed by atoms with Crippen LogP contribution in [0, 0.1) is 0 Å². The van der Waals surface area contributed by atoms with Crippen molar-refractivity contribution in [2.45, 2.75) is 18.3 Å². The third-order valence-electron chi connectivity index (χ3n) is 2.77. The Balaban J connectivity index is 2.37. The van der Waals surface area contributed by atoms with Crippen molar-refractivity contribution in [1.29, 1.82) is 0 Å². The first kappa shape index (κ1) is 9.96. The van der Waals surface area contributed by atoms with E-state index in [-0.39, 0.29) is 5.41 Å². The number of phenolic OH excluding ortho intramolecular Hbond substituents is 1. The highest BCUT2D eigenvalue weighted by Gasteiger charge is 2.46. The molecule has 3 nitrogen and oxygen atoms in total. The summed E-state index contributed by atoms with van der Waals surface area (Å²) >= 11 is 3.30. The zero-order chi connectivity index (χ0) is 10.2. The van der Waals surface area contributed by atoms with Crippen LogP contribution in [0.25, 0.3) is 0 Å². The lowest BCUT2D eigenvalue weighted by Crippen LogP contribution is -2.18. The summed E-state index contributed by atoms with van der Waals surface area (Å²) in [6, 6.07) is 5.65. The van der Waals surface area contributed by atoms with Gasteiger partial charge in [0, 0.05) is 11.0 Å². The van der Waals surface area contributed by atoms with E-state index >= 15 is 0 Å². The lowest BCUT2D eigenvalue weighted by atomic mass is 9.96. The Bertz CT molecular complexity index is 350. The van der Waals surface area contributed by atoms with E-state index in [1.807, 2.05) is 18.2 Å². The van der Waals surface area contributed by atoms with E-state index in [4.69, 9.17) is 10.7 Å². The van der Waals surface area contributed by atoms with Crippen molar-refractivity contribution in [1.82, 2.24) is 0 Å². The monoisotopic (exact) mass is 257 g/mol. The summed E-state index contributed by atoms with van der Waals surface area (Å²) in [6.45, 7) is 0.469. The van der Waals surface area contributed by atoms with Crippen molar-refractivity contribution in [3.8, 4) is 5.75 Å². The van der Waals surface area contributed by atoms with Gasteiger partial charge in [-0.1, -0.05) is 12.1 Å². The molecule has 0 heterocycles. The molecule has 1 saturated carbocycles. The molecule has 0 atom stereocenters. The van der Waals surface area contributed by atoms with E-state index in [0.717, 1.165) is 22.9 Å². The standard InChI is InChI=1S/C10H12BrNO2/c11-8-3-1-2-7(9(8)13)10(4-5-10)6-14-12/h1-3,13H,4-6,12H2. The van der Waals surface area contributed by atoms with Gasteiger partial charge in [0.25, 0.3) is 0 Å². The van der Waals surface area contributed by atoms with Crippen molar-refractivity contribution in [3.63, 3.8) is 0 Å². The molecule has 0 unspecified atom stereocenters. The summed E-state index contributed by atoms with van der Waals surface area (Å²) in [5, 5.41) is 9.86. The highest BCUT2D eigenvalue weighted by molar-refractivity contribution is 9.10. The molecule has 1 aliphatic carbocycles. The molecule has 0 aliphatic heterocycles. The van der Waals surface area contributed by atoms with Gasteiger partial charge >= 0.3 is 0 Å². The van der Waals surface area contributed by atoms with Gasteiger partial charge in [-0.25, -0.2) is 5.90 Å². The van der Waals surface area contributed by atoms with Crippen LogP contribution in [0.15, 0.2) is 22.7 Å². The van der Waals surface area contributed by atoms with Crippen molar-refractivity contribution >= 4 is 15.9 Å². The molecule has 0 spiro atoms. The fraction of sp³-hybridized carbons (Fsp3) is 0.400. The predicted octanol–water partition coefficient (Wildman–Crippen LogP) is 2.08. The smallest absolute Gasteiger partial charge is 0.133 e. The second-order valence-electron chi connectivity index (χ2n) is 3.73. The molecule has 76 valence electrons. The highest BCUT2D eigenvalue weighted by atomic mass is 79.9. The van der Waals surface area contributed by atoms with E-state index < -0.39 is 0 Å². The largest absolute Gasteiger partial charge is 0.506 e. The number of aromatic hydroxyl groups is 1. The van der Waals surface area contributed by atoms with Gasteiger partial charge in [0.15, 0.2) is 0 Å². The quantitative estimate of drug-likeness (QED) is 0.816. The van der Waals surface area contributed by atoms with E-state index in [1.54, 1.807) is 0 Å². The van der Waals surface area contributed by atoms with Crippen LogP contribution in [-0.4, -0.2) is 11.7 Å². The molecule has 0 aromatic heterocycles. The zero-order valence-electron chi connectivity index (χ0n) is 7.66. The molecule has 4 heteroatoms. The molecule has 1 aromatic rings. The molecular weight excluding hydrogens is 246 g/mol. The minimum Gasteiger partial charge on any atom is -0.506 e. The van der Waals surface area contributed by atoms with Crippen LogP contribution in [0.1, 0.15) is 18.4 Å². The van der Waals surface area contributed by atoms with Gasteiger partial charge in [-0.15, -0.1) is 0 Å². The molecule has 1 fully saturated rings. The highest BCUT2D eigenvalue weighted by Crippen LogP contribution is 2.52. The van der Waals surface area contributed by atoms with E-state index in [1.165, 1.54) is 0 Å². The molecule has 0 amide bonds. The molecule has 2 rings (SSSR count). The van der Waals surface area contributed by atoms with Crippen molar-refractivity contribution in [2.24, 2.45) is 5.90 Å². The number of phenols is 1. The Morgan fingerprint density at radius 2 is 2.21 bits per heavy atom. The normalized spacial score (nSPS) is 18.1. The molecule has 1 aromatic carbocycles. The van der Waals surface area contributed by atoms with Gasteiger partial charge < -0.3 is 9.94 Å². The van der Waals surface area contributed by atoms with E-state index in [2.05, 4.69) is 15.9 Å². The van der Waals surface area contributed by atoms with Crippen LogP contribution in [0.4, 0.5) is 0 Å². The number of rotatable bonds is 3. The van der Waals surface area contributed by atoms with Gasteiger partial charge in [-0.3, -0.25) is 0 Å². The first-order valence-corrected chi connectivity index (χ1v) is 5.28. The third kappa shape index (κ3) is 1.54. The Labute approximate surface area is 91.0 Å². The number of nitrogens with two attached hydrogens (primary N) is 1. The second kappa shape index (κ2) is 3.53. The van der Waals surface area contributed by atoms with Crippen LogP contribution in [0.2, 0.25) is 0 Å². The molecule has 1 aliphatic rings. The summed E-state index contributed by atoms with van der Waals surface area (Å²) in [5.41, 5.74) is 0.875. The first-order valence-electron chi connectivity index (χ1n) is 4.49. The summed E-state index contributed by atoms with van der Waals surface area (Å²) in [7, 11) is 0. The maximum atomic E-state index is 9.86. The van der Waals surface area contributed by atoms with Gasteiger partial charge in [0.1, 0.15) is 5.75 Å². The molecular formula is C10H12BrNO2. The Kier molecular flexibility index (Phi) is 2.51. The summed E-state index contributed by atoms with van der Waals surface area (Å²) in [4.78, 5) is 4.69. The van der Waals surface area contributed by atoms with Crippen LogP contribution in [0.5, 0.6) is 5.75 Å². The Morgan fingerprint density at radius 3 is 2.79 bits per heavy atom. The van der Waals surface area contributed by atoms with Gasteiger partial charge in [-0.05, 0) is 34.8 Å². The molecule has 0 saturated heterocycles. The first-order chi connectivity index (χ1) is 6.69. The number of halogens is 1. The molecule has 0 radical (unpaired) electrons. The van der Waals surface area contributed by atoms with Gasteiger partial charge in [0.2, 0.25) is 0 Å².